The van der Waals surface area contributed by atoms with Crippen LogP contribution >= 0.6 is 0 Å². The maximum Gasteiger partial charge on any atom is 0.241 e. The highest BCUT2D eigenvalue weighted by Gasteiger charge is 2.24. The summed E-state index contributed by atoms with van der Waals surface area (Å²) in [6, 6.07) is 7.01. The molecule has 0 spiro atoms. The number of hydrogen-bond acceptors (Lipinski definition) is 4. The lowest BCUT2D eigenvalue weighted by Crippen LogP contribution is -2.44. The third-order valence-electron chi connectivity index (χ3n) is 3.17. The summed E-state index contributed by atoms with van der Waals surface area (Å²) in [4.78, 5) is 4.41. The zero-order valence-electron chi connectivity index (χ0n) is 15.9. The molecule has 8 heteroatoms. The van der Waals surface area contributed by atoms with Crippen LogP contribution in [0.4, 0.5) is 0 Å². The van der Waals surface area contributed by atoms with Crippen LogP contribution in [-0.4, -0.2) is 46.7 Å². The quantitative estimate of drug-likeness (QED) is 0.499. The van der Waals surface area contributed by atoms with E-state index in [0.717, 1.165) is 0 Å². The van der Waals surface area contributed by atoms with Crippen molar-refractivity contribution in [2.75, 3.05) is 20.8 Å². The van der Waals surface area contributed by atoms with Crippen LogP contribution in [0.15, 0.2) is 34.2 Å². The van der Waals surface area contributed by atoms with E-state index in [1.807, 2.05) is 33.8 Å². The lowest BCUT2D eigenvalue weighted by Gasteiger charge is -2.22. The summed E-state index contributed by atoms with van der Waals surface area (Å²) in [6.07, 6.45) is 0. The van der Waals surface area contributed by atoms with E-state index in [9.17, 15) is 8.42 Å². The Morgan fingerprint density at radius 3 is 2.48 bits per heavy atom. The van der Waals surface area contributed by atoms with E-state index in [4.69, 9.17) is 4.74 Å². The second-order valence-electron chi connectivity index (χ2n) is 6.89. The van der Waals surface area contributed by atoms with Crippen molar-refractivity contribution in [1.82, 2.24) is 15.4 Å². The van der Waals surface area contributed by atoms with Crippen LogP contribution in [0.5, 0.6) is 0 Å². The summed E-state index contributed by atoms with van der Waals surface area (Å²) in [5.74, 6) is 0.584. The smallest absolute Gasteiger partial charge is 0.241 e. The van der Waals surface area contributed by atoms with Gasteiger partial charge in [0.1, 0.15) is 0 Å². The number of aliphatic imine (C=N–C) groups is 1. The van der Waals surface area contributed by atoms with Crippen molar-refractivity contribution >= 4 is 16.0 Å². The zero-order valence-corrected chi connectivity index (χ0v) is 16.7. The molecule has 0 saturated carbocycles. The molecule has 3 N–H and O–H groups in total. The molecule has 0 heterocycles. The van der Waals surface area contributed by atoms with E-state index in [0.29, 0.717) is 24.7 Å². The zero-order chi connectivity index (χ0) is 19.1. The van der Waals surface area contributed by atoms with Gasteiger partial charge in [0, 0.05) is 32.3 Å². The van der Waals surface area contributed by atoms with E-state index >= 15 is 0 Å². The molecule has 1 aromatic rings. The van der Waals surface area contributed by atoms with Gasteiger partial charge in [0.05, 0.1) is 11.5 Å². The first kappa shape index (κ1) is 21.4. The van der Waals surface area contributed by atoms with Gasteiger partial charge in [-0.25, -0.2) is 13.1 Å². The number of guanidine groups is 1. The number of rotatable bonds is 7. The second-order valence-corrected chi connectivity index (χ2v) is 8.54. The fourth-order valence-electron chi connectivity index (χ4n) is 2.27. The Morgan fingerprint density at radius 1 is 1.28 bits per heavy atom. The average Bonchev–Trinajstić information content (AvgIpc) is 2.49. The third-order valence-corrected chi connectivity index (χ3v) is 5.03. The van der Waals surface area contributed by atoms with Crippen LogP contribution in [0.1, 0.15) is 33.3 Å². The molecule has 0 radical (unpaired) electrons. The Balaban J connectivity index is 2.90. The molecule has 0 aromatic heterocycles. The number of benzene rings is 1. The van der Waals surface area contributed by atoms with E-state index in [-0.39, 0.29) is 10.9 Å². The Morgan fingerprint density at radius 2 is 1.92 bits per heavy atom. The summed E-state index contributed by atoms with van der Waals surface area (Å²) in [6.45, 7) is 8.29. The number of sulfonamides is 1. The first-order valence-electron chi connectivity index (χ1n) is 8.17. The van der Waals surface area contributed by atoms with Gasteiger partial charge in [0.2, 0.25) is 10.0 Å². The van der Waals surface area contributed by atoms with Crippen LogP contribution < -0.4 is 15.4 Å². The van der Waals surface area contributed by atoms with E-state index in [1.165, 1.54) is 0 Å². The predicted molar refractivity (Wildman–Crippen MR) is 101 cm³/mol. The van der Waals surface area contributed by atoms with Gasteiger partial charge in [-0.05, 0) is 39.3 Å². The first-order valence-corrected chi connectivity index (χ1v) is 9.65. The monoisotopic (exact) mass is 370 g/mol. The number of ether oxygens (including phenoxy) is 1. The van der Waals surface area contributed by atoms with Crippen LogP contribution in [0.25, 0.3) is 0 Å². The van der Waals surface area contributed by atoms with Gasteiger partial charge in [0.25, 0.3) is 0 Å². The molecule has 0 aliphatic carbocycles. The first-order chi connectivity index (χ1) is 11.6. The maximum atomic E-state index is 12.6. The Bertz CT molecular complexity index is 681. The lowest BCUT2D eigenvalue weighted by molar-refractivity contribution is 0.179. The molecule has 25 heavy (non-hydrogen) atoms. The highest BCUT2D eigenvalue weighted by atomic mass is 32.2. The molecular weight excluding hydrogens is 340 g/mol. The summed E-state index contributed by atoms with van der Waals surface area (Å²) < 4.78 is 33.1. The molecule has 0 amide bonds. The van der Waals surface area contributed by atoms with E-state index < -0.39 is 15.6 Å². The number of nitrogens with zero attached hydrogens (tertiary/aromatic N) is 1. The third kappa shape index (κ3) is 7.41. The minimum atomic E-state index is -3.61. The van der Waals surface area contributed by atoms with Crippen molar-refractivity contribution in [3.8, 4) is 0 Å². The van der Waals surface area contributed by atoms with Gasteiger partial charge >= 0.3 is 0 Å². The second kappa shape index (κ2) is 9.17. The molecular formula is C17H30N4O3S. The highest BCUT2D eigenvalue weighted by molar-refractivity contribution is 7.89. The molecule has 1 rings (SSSR count). The van der Waals surface area contributed by atoms with Crippen molar-refractivity contribution < 1.29 is 13.2 Å². The molecule has 7 nitrogen and oxygen atoms in total. The summed E-state index contributed by atoms with van der Waals surface area (Å²) in [7, 11) is -0.303. The molecule has 1 unspecified atom stereocenters. The van der Waals surface area contributed by atoms with Gasteiger partial charge in [-0.2, -0.15) is 0 Å². The minimum Gasteiger partial charge on any atom is -0.383 e. The summed E-state index contributed by atoms with van der Waals surface area (Å²) in [5, 5.41) is 6.32. The number of methoxy groups -OCH3 is 1. The Hall–Kier alpha value is -1.64. The summed E-state index contributed by atoms with van der Waals surface area (Å²) >= 11 is 0. The highest BCUT2D eigenvalue weighted by Crippen LogP contribution is 2.17. The molecule has 1 aromatic carbocycles. The van der Waals surface area contributed by atoms with Gasteiger partial charge in [-0.1, -0.05) is 18.2 Å². The fraction of sp³-hybridized carbons (Fsp3) is 0.588. The SMILES string of the molecule is CN=C(NCc1ccccc1S(=O)(=O)NC(C)(C)C)NC(C)COC. The fourth-order valence-corrected chi connectivity index (χ4v) is 3.93. The van der Waals surface area contributed by atoms with Crippen LogP contribution in [-0.2, 0) is 21.3 Å². The molecule has 0 bridgehead atoms. The lowest BCUT2D eigenvalue weighted by atomic mass is 10.1. The normalized spacial score (nSPS) is 14.2. The minimum absolute atomic E-state index is 0.0812. The Labute approximate surface area is 151 Å². The number of hydrogen-bond donors (Lipinski definition) is 3. The number of nitrogens with one attached hydrogen (secondary N) is 3. The largest absolute Gasteiger partial charge is 0.383 e. The van der Waals surface area contributed by atoms with Gasteiger partial charge in [0.15, 0.2) is 5.96 Å². The molecule has 0 fully saturated rings. The van der Waals surface area contributed by atoms with Crippen molar-refractivity contribution in [3.63, 3.8) is 0 Å². The van der Waals surface area contributed by atoms with E-state index in [1.54, 1.807) is 32.4 Å². The van der Waals surface area contributed by atoms with Gasteiger partial charge in [-0.15, -0.1) is 0 Å². The topological polar surface area (TPSA) is 91.8 Å². The molecule has 0 aliphatic rings. The van der Waals surface area contributed by atoms with Crippen molar-refractivity contribution in [2.24, 2.45) is 4.99 Å². The molecule has 0 aliphatic heterocycles. The van der Waals surface area contributed by atoms with Crippen molar-refractivity contribution in [3.05, 3.63) is 29.8 Å². The van der Waals surface area contributed by atoms with Crippen LogP contribution in [0.2, 0.25) is 0 Å². The van der Waals surface area contributed by atoms with Crippen LogP contribution in [0, 0.1) is 0 Å². The average molecular weight is 371 g/mol. The molecule has 142 valence electrons. The van der Waals surface area contributed by atoms with Crippen molar-refractivity contribution in [2.45, 2.75) is 50.7 Å². The Kier molecular flexibility index (Phi) is 7.85. The van der Waals surface area contributed by atoms with Gasteiger partial charge < -0.3 is 15.4 Å². The standard InChI is InChI=1S/C17H30N4O3S/c1-13(12-24-6)20-16(18-5)19-11-14-9-7-8-10-15(14)25(22,23)21-17(2,3)4/h7-10,13,21H,11-12H2,1-6H3,(H2,18,19,20). The maximum absolute atomic E-state index is 12.6. The van der Waals surface area contributed by atoms with Crippen LogP contribution in [0.3, 0.4) is 0 Å². The summed E-state index contributed by atoms with van der Waals surface area (Å²) in [5.41, 5.74) is 0.119. The predicted octanol–water partition coefficient (Wildman–Crippen LogP) is 1.46. The van der Waals surface area contributed by atoms with E-state index in [2.05, 4.69) is 20.3 Å². The molecule has 0 saturated heterocycles. The van der Waals surface area contributed by atoms with Gasteiger partial charge in [-0.3, -0.25) is 4.99 Å². The van der Waals surface area contributed by atoms with Crippen molar-refractivity contribution in [1.29, 1.82) is 0 Å². The molecule has 1 atom stereocenters.